The summed E-state index contributed by atoms with van der Waals surface area (Å²) in [6, 6.07) is 2.54. The number of nitrogens with two attached hydrogens (primary N) is 1. The van der Waals surface area contributed by atoms with E-state index in [4.69, 9.17) is 26.8 Å². The lowest BCUT2D eigenvalue weighted by atomic mass is 9.91. The van der Waals surface area contributed by atoms with E-state index in [0.717, 1.165) is 23.1 Å². The van der Waals surface area contributed by atoms with Gasteiger partial charge in [-0.1, -0.05) is 18.5 Å². The number of pyridine rings is 1. The summed E-state index contributed by atoms with van der Waals surface area (Å²) in [6.45, 7) is 3.03. The van der Waals surface area contributed by atoms with Crippen LogP contribution in [-0.2, 0) is 22.1 Å². The molecule has 5 N–H and O–H groups in total. The first-order valence-corrected chi connectivity index (χ1v) is 13.5. The van der Waals surface area contributed by atoms with E-state index < -0.39 is 70.8 Å². The molecule has 2 saturated heterocycles. The Morgan fingerprint density at radius 3 is 2.65 bits per heavy atom. The third-order valence-electron chi connectivity index (χ3n) is 7.28. The minimum Gasteiger partial charge on any atom is -0.404 e. The molecule has 16 heteroatoms. The highest BCUT2D eigenvalue weighted by molar-refractivity contribution is 6.30. The monoisotopic (exact) mass is 629 g/mol. The number of allylic oxidation sites excluding steroid dienone is 1. The Kier molecular flexibility index (Phi) is 8.55. The van der Waals surface area contributed by atoms with Crippen molar-refractivity contribution in [3.63, 3.8) is 0 Å². The fraction of sp³-hybridized carbons (Fsp3) is 0.407. The number of halogens is 6. The molecule has 2 aromatic heterocycles. The first-order valence-electron chi connectivity index (χ1n) is 13.1. The van der Waals surface area contributed by atoms with E-state index in [-0.39, 0.29) is 29.4 Å². The molecule has 230 valence electrons. The standard InChI is InChI=1S/C27H26ClF5N6O4/c1-3-12-6-16(25(36-8-12)27(31,32)33)39-26(37-11(2)38-39)24-21(41)20(23-22(43-24)17(40)10-42-23)35-9-13(7-34)14-4-5-15(28)19(30)18(14)29/h4-9,17,20-24,40-41H,3,10,34H2,1-2H3/p+1/b13-7+,35-9?/t17?,20?,21?,22?,23-,24?/m1/s1. The molecule has 0 radical (unpaired) electrons. The number of hydrogen-bond donors (Lipinski definition) is 4. The quantitative estimate of drug-likeness (QED) is 0.183. The highest BCUT2D eigenvalue weighted by Crippen LogP contribution is 2.38. The number of rotatable bonds is 6. The predicted molar refractivity (Wildman–Crippen MR) is 142 cm³/mol. The van der Waals surface area contributed by atoms with Crippen molar-refractivity contribution in [2.75, 3.05) is 6.61 Å². The number of aliphatic hydroxyl groups excluding tert-OH is 2. The normalized spacial score (nSPS) is 26.3. The summed E-state index contributed by atoms with van der Waals surface area (Å²) in [4.78, 5) is 10.8. The molecular weight excluding hydrogens is 603 g/mol. The van der Waals surface area contributed by atoms with Crippen LogP contribution in [0.3, 0.4) is 0 Å². The van der Waals surface area contributed by atoms with Crippen LogP contribution in [0.25, 0.3) is 11.3 Å². The Morgan fingerprint density at radius 1 is 1.23 bits per heavy atom. The van der Waals surface area contributed by atoms with Gasteiger partial charge in [0.05, 0.1) is 22.9 Å². The van der Waals surface area contributed by atoms with E-state index in [1.165, 1.54) is 25.3 Å². The van der Waals surface area contributed by atoms with Crippen LogP contribution < -0.4 is 10.7 Å². The van der Waals surface area contributed by atoms with E-state index in [2.05, 4.69) is 20.1 Å². The van der Waals surface area contributed by atoms with Gasteiger partial charge >= 0.3 is 6.18 Å². The van der Waals surface area contributed by atoms with Crippen LogP contribution in [-0.4, -0.2) is 73.2 Å². The summed E-state index contributed by atoms with van der Waals surface area (Å²) in [5.74, 6) is -2.65. The highest BCUT2D eigenvalue weighted by atomic mass is 35.5. The Bertz CT molecular complexity index is 1580. The molecule has 0 amide bonds. The van der Waals surface area contributed by atoms with Crippen molar-refractivity contribution in [2.45, 2.75) is 63.0 Å². The number of nitrogens with zero attached hydrogens (tertiary/aromatic N) is 4. The van der Waals surface area contributed by atoms with Gasteiger partial charge in [0.15, 0.2) is 47.7 Å². The van der Waals surface area contributed by atoms with E-state index in [9.17, 15) is 32.2 Å². The van der Waals surface area contributed by atoms with Gasteiger partial charge in [-0.3, -0.25) is 0 Å². The number of benzene rings is 1. The summed E-state index contributed by atoms with van der Waals surface area (Å²) in [5.41, 5.74) is 4.28. The molecular formula is C27H27ClF5N6O4+. The van der Waals surface area contributed by atoms with Gasteiger partial charge in [-0.15, -0.1) is 0 Å². The molecule has 2 fully saturated rings. The van der Waals surface area contributed by atoms with Crippen molar-refractivity contribution in [1.82, 2.24) is 19.7 Å². The molecule has 10 nitrogen and oxygen atoms in total. The molecule has 5 unspecified atom stereocenters. The molecule has 0 bridgehead atoms. The fourth-order valence-corrected chi connectivity index (χ4v) is 5.29. The molecule has 6 atom stereocenters. The molecule has 0 aliphatic carbocycles. The van der Waals surface area contributed by atoms with Crippen LogP contribution in [0.2, 0.25) is 5.02 Å². The number of alkyl halides is 3. The molecule has 0 saturated carbocycles. The van der Waals surface area contributed by atoms with Gasteiger partial charge in [-0.05, 0) is 37.1 Å². The maximum absolute atomic E-state index is 14.6. The van der Waals surface area contributed by atoms with Crippen LogP contribution in [0.1, 0.15) is 41.5 Å². The average molecular weight is 630 g/mol. The lowest BCUT2D eigenvalue weighted by Crippen LogP contribution is -2.86. The van der Waals surface area contributed by atoms with Crippen molar-refractivity contribution in [2.24, 2.45) is 5.73 Å². The summed E-state index contributed by atoms with van der Waals surface area (Å²) in [7, 11) is 0. The first kappa shape index (κ1) is 30.9. The predicted octanol–water partition coefficient (Wildman–Crippen LogP) is 1.56. The van der Waals surface area contributed by atoms with Gasteiger partial charge in [0.2, 0.25) is 6.04 Å². The van der Waals surface area contributed by atoms with E-state index in [1.807, 2.05) is 0 Å². The van der Waals surface area contributed by atoms with E-state index in [1.54, 1.807) is 6.92 Å². The maximum Gasteiger partial charge on any atom is 0.435 e. The third-order valence-corrected chi connectivity index (χ3v) is 7.57. The largest absolute Gasteiger partial charge is 0.435 e. The van der Waals surface area contributed by atoms with E-state index >= 15 is 0 Å². The first-order chi connectivity index (χ1) is 20.3. The van der Waals surface area contributed by atoms with Gasteiger partial charge in [0, 0.05) is 18.0 Å². The lowest BCUT2D eigenvalue weighted by Gasteiger charge is -2.37. The molecule has 43 heavy (non-hydrogen) atoms. The summed E-state index contributed by atoms with van der Waals surface area (Å²) in [6.07, 6.45) is -7.30. The number of aromatic nitrogens is 4. The smallest absolute Gasteiger partial charge is 0.404 e. The van der Waals surface area contributed by atoms with Crippen molar-refractivity contribution in [3.8, 4) is 5.69 Å². The molecule has 1 aromatic carbocycles. The van der Waals surface area contributed by atoms with E-state index in [0.29, 0.717) is 12.0 Å². The van der Waals surface area contributed by atoms with Gasteiger partial charge in [-0.25, -0.2) is 28.4 Å². The van der Waals surface area contributed by atoms with Gasteiger partial charge in [0.1, 0.15) is 18.0 Å². The fourth-order valence-electron chi connectivity index (χ4n) is 5.15. The van der Waals surface area contributed by atoms with Crippen molar-refractivity contribution in [1.29, 1.82) is 0 Å². The summed E-state index contributed by atoms with van der Waals surface area (Å²) < 4.78 is 83.3. The van der Waals surface area contributed by atoms with Crippen molar-refractivity contribution in [3.05, 3.63) is 75.7 Å². The van der Waals surface area contributed by atoms with Gasteiger partial charge in [-0.2, -0.15) is 18.3 Å². The molecule has 5 rings (SSSR count). The molecule has 0 spiro atoms. The zero-order chi connectivity index (χ0) is 31.2. The van der Waals surface area contributed by atoms with Crippen LogP contribution in [0.5, 0.6) is 0 Å². The maximum atomic E-state index is 14.6. The Balaban J connectivity index is 1.57. The zero-order valence-corrected chi connectivity index (χ0v) is 23.4. The number of fused-ring (bicyclic) bond motifs is 1. The number of nitrogens with one attached hydrogen (secondary N) is 1. The molecule has 2 aliphatic heterocycles. The minimum atomic E-state index is -4.84. The number of aryl methyl sites for hydroxylation is 2. The highest BCUT2D eigenvalue weighted by Gasteiger charge is 2.56. The summed E-state index contributed by atoms with van der Waals surface area (Å²) in [5, 5.41) is 25.8. The lowest BCUT2D eigenvalue weighted by molar-refractivity contribution is -0.539. The van der Waals surface area contributed by atoms with Crippen LogP contribution in [0.15, 0.2) is 30.6 Å². The molecule has 3 aromatic rings. The van der Waals surface area contributed by atoms with Gasteiger partial charge in [0.25, 0.3) is 0 Å². The number of hydrogen-bond acceptors (Lipinski definition) is 8. The second-order valence-electron chi connectivity index (χ2n) is 10.1. The SMILES string of the molecule is CCc1cnc(C(F)(F)F)c(-n2nc(C)nc2C2OC3C(O)CO[C@@H]3C([NH+]=C/C(=C\N)c3ccc(Cl)c(F)c3F)C2O)c1. The van der Waals surface area contributed by atoms with Crippen molar-refractivity contribution < 1.29 is 46.6 Å². The third kappa shape index (κ3) is 5.74. The van der Waals surface area contributed by atoms with Crippen LogP contribution >= 0.6 is 11.6 Å². The van der Waals surface area contributed by atoms with Crippen LogP contribution in [0.4, 0.5) is 22.0 Å². The Morgan fingerprint density at radius 2 is 1.98 bits per heavy atom. The second kappa shape index (κ2) is 11.9. The van der Waals surface area contributed by atoms with Crippen LogP contribution in [0, 0.1) is 18.6 Å². The second-order valence-corrected chi connectivity index (χ2v) is 10.5. The number of ether oxygens (including phenoxy) is 2. The average Bonchev–Trinajstić information content (AvgIpc) is 3.54. The minimum absolute atomic E-state index is 0.0188. The zero-order valence-electron chi connectivity index (χ0n) is 22.7. The van der Waals surface area contributed by atoms with Crippen molar-refractivity contribution >= 4 is 23.4 Å². The molecule has 2 aliphatic rings. The molecule has 4 heterocycles. The topological polar surface area (TPSA) is 143 Å². The van der Waals surface area contributed by atoms with Gasteiger partial charge < -0.3 is 25.4 Å². The summed E-state index contributed by atoms with van der Waals surface area (Å²) >= 11 is 5.65. The Labute approximate surface area is 246 Å². The Hall–Kier alpha value is -3.50. The number of aliphatic hydroxyl groups is 2.